The molecule has 0 N–H and O–H groups in total. The summed E-state index contributed by atoms with van der Waals surface area (Å²) in [6, 6.07) is 54.2. The SMILES string of the molecule is c1ccc(-c2ccc(-c3nc(-c4ccccc4)nc(-c4cccc(-c5ncnc6c5Cc5c(-c7ccccc7)cccc5-6)c4)n3)cc2)cc1. The Hall–Kier alpha value is -6.59. The van der Waals surface area contributed by atoms with E-state index in [2.05, 4.69) is 121 Å². The Morgan fingerprint density at radius 3 is 1.49 bits per heavy atom. The van der Waals surface area contributed by atoms with Crippen molar-refractivity contribution in [3.05, 3.63) is 175 Å². The van der Waals surface area contributed by atoms with Crippen molar-refractivity contribution in [3.63, 3.8) is 0 Å². The molecule has 0 radical (unpaired) electrons. The number of rotatable bonds is 6. The Bertz CT molecular complexity index is 2440. The lowest BCUT2D eigenvalue weighted by atomic mass is 9.96. The van der Waals surface area contributed by atoms with E-state index < -0.39 is 0 Å². The van der Waals surface area contributed by atoms with Gasteiger partial charge in [-0.2, -0.15) is 0 Å². The number of fused-ring (bicyclic) bond motifs is 3. The molecule has 2 aromatic heterocycles. The molecule has 2 heterocycles. The summed E-state index contributed by atoms with van der Waals surface area (Å²) in [5.41, 5.74) is 14.0. The Kier molecular flexibility index (Phi) is 7.13. The molecule has 5 nitrogen and oxygen atoms in total. The molecular formula is C44H29N5. The maximum Gasteiger partial charge on any atom is 0.164 e. The van der Waals surface area contributed by atoms with Gasteiger partial charge in [0.1, 0.15) is 6.33 Å². The maximum atomic E-state index is 5.03. The number of hydrogen-bond acceptors (Lipinski definition) is 5. The second kappa shape index (κ2) is 12.2. The van der Waals surface area contributed by atoms with Crippen molar-refractivity contribution in [2.45, 2.75) is 6.42 Å². The van der Waals surface area contributed by atoms with Crippen molar-refractivity contribution in [1.82, 2.24) is 24.9 Å². The minimum Gasteiger partial charge on any atom is -0.236 e. The van der Waals surface area contributed by atoms with Crippen LogP contribution in [0.4, 0.5) is 0 Å². The first-order valence-corrected chi connectivity index (χ1v) is 16.4. The van der Waals surface area contributed by atoms with Gasteiger partial charge in [0.15, 0.2) is 17.5 Å². The number of aromatic nitrogens is 5. The van der Waals surface area contributed by atoms with Crippen molar-refractivity contribution in [1.29, 1.82) is 0 Å². The normalized spacial score (nSPS) is 11.6. The summed E-state index contributed by atoms with van der Waals surface area (Å²) in [6.45, 7) is 0. The molecule has 0 fully saturated rings. The zero-order valence-electron chi connectivity index (χ0n) is 26.5. The monoisotopic (exact) mass is 627 g/mol. The smallest absolute Gasteiger partial charge is 0.164 e. The molecule has 0 bridgehead atoms. The molecule has 0 aliphatic heterocycles. The molecule has 230 valence electrons. The van der Waals surface area contributed by atoms with Crippen LogP contribution in [0.2, 0.25) is 0 Å². The molecule has 49 heavy (non-hydrogen) atoms. The zero-order valence-corrected chi connectivity index (χ0v) is 26.5. The summed E-state index contributed by atoms with van der Waals surface area (Å²) in [5.74, 6) is 1.86. The van der Waals surface area contributed by atoms with E-state index in [-0.39, 0.29) is 0 Å². The van der Waals surface area contributed by atoms with Crippen molar-refractivity contribution in [2.75, 3.05) is 0 Å². The minimum atomic E-state index is 0.609. The molecule has 6 aromatic carbocycles. The van der Waals surface area contributed by atoms with E-state index >= 15 is 0 Å². The average Bonchev–Trinajstić information content (AvgIpc) is 3.58. The van der Waals surface area contributed by atoms with E-state index in [1.165, 1.54) is 27.8 Å². The van der Waals surface area contributed by atoms with Gasteiger partial charge in [-0.05, 0) is 33.9 Å². The van der Waals surface area contributed by atoms with Crippen LogP contribution in [0.5, 0.6) is 0 Å². The van der Waals surface area contributed by atoms with Crippen LogP contribution in [0.1, 0.15) is 11.1 Å². The zero-order chi connectivity index (χ0) is 32.6. The van der Waals surface area contributed by atoms with E-state index in [0.29, 0.717) is 17.5 Å². The fourth-order valence-electron chi connectivity index (χ4n) is 6.72. The highest BCUT2D eigenvalue weighted by molar-refractivity contribution is 5.87. The van der Waals surface area contributed by atoms with Gasteiger partial charge in [-0.3, -0.25) is 0 Å². The largest absolute Gasteiger partial charge is 0.236 e. The van der Waals surface area contributed by atoms with Crippen molar-refractivity contribution < 1.29 is 0 Å². The highest BCUT2D eigenvalue weighted by Gasteiger charge is 2.26. The van der Waals surface area contributed by atoms with E-state index in [4.69, 9.17) is 24.9 Å². The standard InChI is InChI=1S/C44H29N5/c1-4-12-29(13-5-1)30-22-24-33(25-23-30)43-47-42(32-16-8-3-9-17-32)48-44(49-43)35-19-10-18-34(26-35)40-39-27-38-36(31-14-6-2-7-15-31)20-11-21-37(38)41(39)46-28-45-40/h1-26,28H,27H2. The fourth-order valence-corrected chi connectivity index (χ4v) is 6.72. The Labute approximate surface area is 284 Å². The Morgan fingerprint density at radius 2 is 0.796 bits per heavy atom. The van der Waals surface area contributed by atoms with E-state index in [1.807, 2.05) is 36.4 Å². The van der Waals surface area contributed by atoms with Crippen molar-refractivity contribution >= 4 is 0 Å². The fraction of sp³-hybridized carbons (Fsp3) is 0.0227. The second-order valence-electron chi connectivity index (χ2n) is 12.1. The predicted molar refractivity (Wildman–Crippen MR) is 196 cm³/mol. The van der Waals surface area contributed by atoms with Gasteiger partial charge in [-0.15, -0.1) is 0 Å². The molecule has 0 atom stereocenters. The number of benzene rings is 6. The number of nitrogens with zero attached hydrogens (tertiary/aromatic N) is 5. The minimum absolute atomic E-state index is 0.609. The first-order chi connectivity index (χ1) is 24.3. The van der Waals surface area contributed by atoms with Crippen LogP contribution in [-0.2, 0) is 6.42 Å². The van der Waals surface area contributed by atoms with Crippen LogP contribution in [-0.4, -0.2) is 24.9 Å². The third kappa shape index (κ3) is 5.37. The molecule has 0 unspecified atom stereocenters. The molecular weight excluding hydrogens is 599 g/mol. The number of hydrogen-bond donors (Lipinski definition) is 0. The van der Waals surface area contributed by atoms with Crippen molar-refractivity contribution in [2.24, 2.45) is 0 Å². The lowest BCUT2D eigenvalue weighted by Crippen LogP contribution is -2.00. The van der Waals surface area contributed by atoms with E-state index in [9.17, 15) is 0 Å². The first-order valence-electron chi connectivity index (χ1n) is 16.4. The van der Waals surface area contributed by atoms with E-state index in [1.54, 1.807) is 6.33 Å². The first kappa shape index (κ1) is 28.6. The predicted octanol–water partition coefficient (Wildman–Crippen LogP) is 10.2. The Morgan fingerprint density at radius 1 is 0.327 bits per heavy atom. The summed E-state index contributed by atoms with van der Waals surface area (Å²) in [4.78, 5) is 24.6. The second-order valence-corrected chi connectivity index (χ2v) is 12.1. The molecule has 0 saturated heterocycles. The lowest BCUT2D eigenvalue weighted by Gasteiger charge is -2.11. The average molecular weight is 628 g/mol. The molecule has 0 saturated carbocycles. The molecule has 5 heteroatoms. The Balaban J connectivity index is 1.12. The summed E-state index contributed by atoms with van der Waals surface area (Å²) in [6.07, 6.45) is 2.45. The van der Waals surface area contributed by atoms with Gasteiger partial charge in [0, 0.05) is 39.8 Å². The van der Waals surface area contributed by atoms with E-state index in [0.717, 1.165) is 51.2 Å². The molecule has 1 aliphatic carbocycles. The van der Waals surface area contributed by atoms with Gasteiger partial charge in [0.2, 0.25) is 0 Å². The summed E-state index contributed by atoms with van der Waals surface area (Å²) < 4.78 is 0. The van der Waals surface area contributed by atoms with Crippen LogP contribution in [0.25, 0.3) is 78.9 Å². The highest BCUT2D eigenvalue weighted by Crippen LogP contribution is 2.43. The maximum absolute atomic E-state index is 5.03. The van der Waals surface area contributed by atoms with Gasteiger partial charge in [-0.25, -0.2) is 24.9 Å². The third-order valence-electron chi connectivity index (χ3n) is 9.13. The van der Waals surface area contributed by atoms with Crippen LogP contribution >= 0.6 is 0 Å². The van der Waals surface area contributed by atoms with Gasteiger partial charge in [0.05, 0.1) is 11.4 Å². The topological polar surface area (TPSA) is 64.5 Å². The highest BCUT2D eigenvalue weighted by atomic mass is 15.0. The quantitative estimate of drug-likeness (QED) is 0.184. The molecule has 0 spiro atoms. The molecule has 0 amide bonds. The van der Waals surface area contributed by atoms with Crippen molar-refractivity contribution in [3.8, 4) is 78.9 Å². The van der Waals surface area contributed by atoms with Crippen LogP contribution in [0.15, 0.2) is 164 Å². The molecule has 9 rings (SSSR count). The summed E-state index contributed by atoms with van der Waals surface area (Å²) in [5, 5.41) is 0. The molecule has 1 aliphatic rings. The molecule has 8 aromatic rings. The van der Waals surface area contributed by atoms with Gasteiger partial charge < -0.3 is 0 Å². The summed E-state index contributed by atoms with van der Waals surface area (Å²) in [7, 11) is 0. The van der Waals surface area contributed by atoms with Crippen LogP contribution in [0.3, 0.4) is 0 Å². The van der Waals surface area contributed by atoms with Gasteiger partial charge in [0.25, 0.3) is 0 Å². The van der Waals surface area contributed by atoms with Crippen LogP contribution in [0, 0.1) is 0 Å². The lowest BCUT2D eigenvalue weighted by molar-refractivity contribution is 1.07. The van der Waals surface area contributed by atoms with Gasteiger partial charge in [-0.1, -0.05) is 152 Å². The third-order valence-corrected chi connectivity index (χ3v) is 9.13. The van der Waals surface area contributed by atoms with Gasteiger partial charge >= 0.3 is 0 Å². The van der Waals surface area contributed by atoms with Crippen LogP contribution < -0.4 is 0 Å². The summed E-state index contributed by atoms with van der Waals surface area (Å²) >= 11 is 0.